The van der Waals surface area contributed by atoms with E-state index in [1.807, 2.05) is 0 Å². The number of hydrogen-bond donors (Lipinski definition) is 1. The molecule has 0 atom stereocenters. The molecule has 0 bridgehead atoms. The molecule has 1 saturated heterocycles. The Morgan fingerprint density at radius 3 is 2.31 bits per heavy atom. The number of benzene rings is 2. The first kappa shape index (κ1) is 23.4. The molecule has 1 aromatic heterocycles. The highest BCUT2D eigenvalue weighted by molar-refractivity contribution is 7.89. The lowest BCUT2D eigenvalue weighted by Gasteiger charge is -2.15. The summed E-state index contributed by atoms with van der Waals surface area (Å²) < 4.78 is 43.0. The van der Waals surface area contributed by atoms with Crippen LogP contribution in [0.5, 0.6) is 0 Å². The van der Waals surface area contributed by atoms with E-state index in [1.54, 1.807) is 16.7 Å². The summed E-state index contributed by atoms with van der Waals surface area (Å²) >= 11 is 0. The van der Waals surface area contributed by atoms with E-state index >= 15 is 0 Å². The van der Waals surface area contributed by atoms with E-state index in [0.717, 1.165) is 25.7 Å². The zero-order valence-electron chi connectivity index (χ0n) is 19.1. The molecule has 0 radical (unpaired) electrons. The van der Waals surface area contributed by atoms with Gasteiger partial charge in [-0.05, 0) is 74.2 Å². The van der Waals surface area contributed by atoms with Crippen molar-refractivity contribution in [3.8, 4) is 11.4 Å². The summed E-state index contributed by atoms with van der Waals surface area (Å²) in [5.74, 6) is -0.250. The molecule has 3 aromatic rings. The molecule has 11 heteroatoms. The Bertz CT molecular complexity index is 1390. The second kappa shape index (κ2) is 9.38. The molecule has 2 aliphatic rings. The highest BCUT2D eigenvalue weighted by atomic mass is 32.2. The first-order chi connectivity index (χ1) is 16.8. The second-order valence-corrected chi connectivity index (χ2v) is 10.8. The van der Waals surface area contributed by atoms with Crippen LogP contribution in [0.2, 0.25) is 0 Å². The van der Waals surface area contributed by atoms with Gasteiger partial charge < -0.3 is 5.32 Å². The quantitative estimate of drug-likeness (QED) is 0.512. The van der Waals surface area contributed by atoms with Crippen LogP contribution in [0.1, 0.15) is 42.1 Å². The lowest BCUT2D eigenvalue weighted by atomic mass is 10.2. The van der Waals surface area contributed by atoms with Crippen molar-refractivity contribution in [3.63, 3.8) is 0 Å². The van der Waals surface area contributed by atoms with Crippen LogP contribution in [0.25, 0.3) is 11.4 Å². The smallest absolute Gasteiger partial charge is 0.346 e. The molecule has 1 saturated carbocycles. The van der Waals surface area contributed by atoms with Crippen LogP contribution in [0.15, 0.2) is 58.2 Å². The van der Waals surface area contributed by atoms with Crippen LogP contribution in [-0.2, 0) is 16.6 Å². The first-order valence-corrected chi connectivity index (χ1v) is 13.1. The van der Waals surface area contributed by atoms with E-state index in [1.165, 1.54) is 45.4 Å². The number of carbonyl (C=O) groups is 1. The summed E-state index contributed by atoms with van der Waals surface area (Å²) in [6.07, 6.45) is 3.49. The van der Waals surface area contributed by atoms with Crippen molar-refractivity contribution < 1.29 is 17.6 Å². The van der Waals surface area contributed by atoms with Crippen molar-refractivity contribution >= 4 is 15.9 Å². The molecule has 1 amide bonds. The predicted molar refractivity (Wildman–Crippen MR) is 127 cm³/mol. The standard InChI is InChI=1S/C24H26FN5O4S/c25-19-7-3-17(4-8-19)22-27-29(24(32)30(22)20-9-10-20)16-13-26-23(31)18-5-11-21(12-6-18)35(33,34)28-14-1-2-15-28/h3-8,11-12,20H,1-2,9-10,13-16H2,(H,26,31). The molecular formula is C24H26FN5O4S. The van der Waals surface area contributed by atoms with Gasteiger partial charge in [-0.2, -0.15) is 4.31 Å². The van der Waals surface area contributed by atoms with Gasteiger partial charge >= 0.3 is 5.69 Å². The Labute approximate surface area is 202 Å². The number of hydrogen-bond acceptors (Lipinski definition) is 5. The van der Waals surface area contributed by atoms with Gasteiger partial charge in [0, 0.05) is 36.8 Å². The molecule has 9 nitrogen and oxygen atoms in total. The summed E-state index contributed by atoms with van der Waals surface area (Å²) in [6.45, 7) is 1.36. The van der Waals surface area contributed by atoms with Gasteiger partial charge in [0.25, 0.3) is 5.91 Å². The van der Waals surface area contributed by atoms with Crippen molar-refractivity contribution in [3.05, 3.63) is 70.4 Å². The number of sulfonamides is 1. The van der Waals surface area contributed by atoms with Gasteiger partial charge in [-0.15, -0.1) is 5.10 Å². The maximum atomic E-state index is 13.3. The molecule has 184 valence electrons. The van der Waals surface area contributed by atoms with E-state index in [4.69, 9.17) is 0 Å². The summed E-state index contributed by atoms with van der Waals surface area (Å²) in [4.78, 5) is 25.6. The zero-order chi connectivity index (χ0) is 24.6. The van der Waals surface area contributed by atoms with Crippen LogP contribution in [0.4, 0.5) is 4.39 Å². The lowest BCUT2D eigenvalue weighted by molar-refractivity contribution is 0.0951. The van der Waals surface area contributed by atoms with Crippen molar-refractivity contribution in [1.82, 2.24) is 24.0 Å². The van der Waals surface area contributed by atoms with Gasteiger partial charge in [0.2, 0.25) is 10.0 Å². The maximum Gasteiger partial charge on any atom is 0.346 e. The van der Waals surface area contributed by atoms with Gasteiger partial charge in [-0.1, -0.05) is 0 Å². The number of amides is 1. The summed E-state index contributed by atoms with van der Waals surface area (Å²) in [6, 6.07) is 11.8. The minimum absolute atomic E-state index is 0.0845. The maximum absolute atomic E-state index is 13.3. The molecule has 2 aromatic carbocycles. The fourth-order valence-corrected chi connectivity index (χ4v) is 5.77. The number of nitrogens with zero attached hydrogens (tertiary/aromatic N) is 4. The molecule has 0 unspecified atom stereocenters. The van der Waals surface area contributed by atoms with E-state index < -0.39 is 10.0 Å². The van der Waals surface area contributed by atoms with Crippen LogP contribution < -0.4 is 11.0 Å². The third kappa shape index (κ3) is 4.78. The Hall–Kier alpha value is -3.31. The first-order valence-electron chi connectivity index (χ1n) is 11.7. The highest BCUT2D eigenvalue weighted by Gasteiger charge is 2.30. The number of rotatable bonds is 8. The largest absolute Gasteiger partial charge is 0.350 e. The average molecular weight is 500 g/mol. The fourth-order valence-electron chi connectivity index (χ4n) is 4.26. The highest BCUT2D eigenvalue weighted by Crippen LogP contribution is 2.36. The summed E-state index contributed by atoms with van der Waals surface area (Å²) in [7, 11) is -3.54. The van der Waals surface area contributed by atoms with Crippen LogP contribution in [0, 0.1) is 5.82 Å². The molecule has 2 heterocycles. The van der Waals surface area contributed by atoms with Gasteiger partial charge in [0.05, 0.1) is 11.4 Å². The number of halogens is 1. The predicted octanol–water partition coefficient (Wildman–Crippen LogP) is 2.40. The Morgan fingerprint density at radius 2 is 1.69 bits per heavy atom. The molecule has 5 rings (SSSR count). The Morgan fingerprint density at radius 1 is 1.03 bits per heavy atom. The molecule has 1 aliphatic heterocycles. The van der Waals surface area contributed by atoms with E-state index in [9.17, 15) is 22.4 Å². The monoisotopic (exact) mass is 499 g/mol. The molecule has 1 N–H and O–H groups in total. The molecule has 35 heavy (non-hydrogen) atoms. The van der Waals surface area contributed by atoms with E-state index in [2.05, 4.69) is 10.4 Å². The number of aromatic nitrogens is 3. The minimum atomic E-state index is -3.54. The van der Waals surface area contributed by atoms with Crippen molar-refractivity contribution in [2.45, 2.75) is 43.2 Å². The topological polar surface area (TPSA) is 106 Å². The fraction of sp³-hybridized carbons (Fsp3) is 0.375. The lowest BCUT2D eigenvalue weighted by Crippen LogP contribution is -2.32. The number of carbonyl (C=O) groups excluding carboxylic acids is 1. The molecule has 2 fully saturated rings. The van der Waals surface area contributed by atoms with Crippen LogP contribution >= 0.6 is 0 Å². The average Bonchev–Trinajstić information content (AvgIpc) is 3.41. The Kier molecular flexibility index (Phi) is 6.28. The SMILES string of the molecule is O=C(NCCn1nc(-c2ccc(F)cc2)n(C2CC2)c1=O)c1ccc(S(=O)(=O)N2CCCC2)cc1. The molecule has 1 aliphatic carbocycles. The summed E-state index contributed by atoms with van der Waals surface area (Å²) in [5, 5.41) is 7.19. The van der Waals surface area contributed by atoms with Gasteiger partial charge in [0.15, 0.2) is 5.82 Å². The third-order valence-electron chi connectivity index (χ3n) is 6.31. The van der Waals surface area contributed by atoms with Crippen molar-refractivity contribution in [2.75, 3.05) is 19.6 Å². The third-order valence-corrected chi connectivity index (χ3v) is 8.23. The molecule has 0 spiro atoms. The van der Waals surface area contributed by atoms with Gasteiger partial charge in [0.1, 0.15) is 5.82 Å². The minimum Gasteiger partial charge on any atom is -0.350 e. The van der Waals surface area contributed by atoms with Gasteiger partial charge in [-0.3, -0.25) is 9.36 Å². The van der Waals surface area contributed by atoms with Crippen LogP contribution in [-0.4, -0.2) is 52.6 Å². The van der Waals surface area contributed by atoms with Gasteiger partial charge in [-0.25, -0.2) is 22.3 Å². The molecular weight excluding hydrogens is 473 g/mol. The number of nitrogens with one attached hydrogen (secondary N) is 1. The van der Waals surface area contributed by atoms with E-state index in [0.29, 0.717) is 30.0 Å². The second-order valence-electron chi connectivity index (χ2n) is 8.83. The Balaban J connectivity index is 1.25. The van der Waals surface area contributed by atoms with Crippen molar-refractivity contribution in [1.29, 1.82) is 0 Å². The van der Waals surface area contributed by atoms with E-state index in [-0.39, 0.29) is 41.4 Å². The van der Waals surface area contributed by atoms with Crippen molar-refractivity contribution in [2.24, 2.45) is 0 Å². The normalized spacial score (nSPS) is 16.5. The summed E-state index contributed by atoms with van der Waals surface area (Å²) in [5.41, 5.74) is 0.716. The zero-order valence-corrected chi connectivity index (χ0v) is 19.9. The van der Waals surface area contributed by atoms with Crippen LogP contribution in [0.3, 0.4) is 0 Å².